The quantitative estimate of drug-likeness (QED) is 0.703. The van der Waals surface area contributed by atoms with E-state index < -0.39 is 12.2 Å². The molecule has 1 aromatic carbocycles. The Balaban J connectivity index is 1.91. The minimum absolute atomic E-state index is 0.00585. The van der Waals surface area contributed by atoms with E-state index in [1.54, 1.807) is 14.9 Å². The number of rotatable bonds is 7. The van der Waals surface area contributed by atoms with Crippen LogP contribution >= 0.6 is 0 Å². The lowest BCUT2D eigenvalue weighted by Gasteiger charge is -2.56. The average Bonchev–Trinajstić information content (AvgIpc) is 2.78. The van der Waals surface area contributed by atoms with Gasteiger partial charge in [0, 0.05) is 19.6 Å². The second-order valence-corrected chi connectivity index (χ2v) is 9.22. The first kappa shape index (κ1) is 24.0. The lowest BCUT2D eigenvalue weighted by atomic mass is 9.92. The van der Waals surface area contributed by atoms with Crippen LogP contribution in [-0.2, 0) is 16.1 Å². The third kappa shape index (κ3) is 4.90. The van der Waals surface area contributed by atoms with Crippen molar-refractivity contribution >= 4 is 17.8 Å². The SMILES string of the molecule is CCC(C)[C@H]1C(=O)N(CC(C)C)C[C@H]2N1C(=O)CN(CC)N2C(=O)NCc1ccccc1. The summed E-state index contributed by atoms with van der Waals surface area (Å²) in [6.45, 7) is 12.1. The van der Waals surface area contributed by atoms with Gasteiger partial charge in [0.25, 0.3) is 0 Å². The number of fused-ring (bicyclic) bond motifs is 1. The van der Waals surface area contributed by atoms with E-state index in [1.165, 1.54) is 0 Å². The highest BCUT2D eigenvalue weighted by Gasteiger charge is 2.52. The Morgan fingerprint density at radius 3 is 2.41 bits per heavy atom. The molecule has 0 radical (unpaired) electrons. The zero-order valence-electron chi connectivity index (χ0n) is 20.0. The second-order valence-electron chi connectivity index (χ2n) is 9.22. The van der Waals surface area contributed by atoms with Crippen molar-refractivity contribution in [3.8, 4) is 0 Å². The third-order valence-electron chi connectivity index (χ3n) is 6.39. The average molecular weight is 444 g/mol. The number of benzene rings is 1. The Kier molecular flexibility index (Phi) is 7.77. The van der Waals surface area contributed by atoms with Gasteiger partial charge in [0.15, 0.2) is 0 Å². The number of carbonyl (C=O) groups excluding carboxylic acids is 3. The van der Waals surface area contributed by atoms with Gasteiger partial charge in [-0.15, -0.1) is 0 Å². The van der Waals surface area contributed by atoms with Crippen LogP contribution in [0.3, 0.4) is 0 Å². The van der Waals surface area contributed by atoms with Crippen molar-refractivity contribution in [2.24, 2.45) is 11.8 Å². The molecule has 2 heterocycles. The Labute approximate surface area is 191 Å². The van der Waals surface area contributed by atoms with Crippen molar-refractivity contribution in [1.29, 1.82) is 0 Å². The van der Waals surface area contributed by atoms with Crippen molar-refractivity contribution in [2.45, 2.75) is 59.8 Å². The van der Waals surface area contributed by atoms with Crippen molar-refractivity contribution < 1.29 is 14.4 Å². The smallest absolute Gasteiger partial charge is 0.334 e. The van der Waals surface area contributed by atoms with Gasteiger partial charge in [0.1, 0.15) is 12.2 Å². The van der Waals surface area contributed by atoms with Crippen molar-refractivity contribution in [3.05, 3.63) is 35.9 Å². The van der Waals surface area contributed by atoms with Gasteiger partial charge in [0.2, 0.25) is 11.8 Å². The van der Waals surface area contributed by atoms with E-state index in [1.807, 2.05) is 56.0 Å². The van der Waals surface area contributed by atoms with E-state index in [-0.39, 0.29) is 30.3 Å². The Hall–Kier alpha value is -2.61. The minimum Gasteiger partial charge on any atom is -0.337 e. The lowest BCUT2D eigenvalue weighted by molar-refractivity contribution is -0.193. The molecule has 8 heteroatoms. The van der Waals surface area contributed by atoms with Gasteiger partial charge in [-0.25, -0.2) is 14.8 Å². The molecule has 3 rings (SSSR count). The maximum Gasteiger partial charge on any atom is 0.334 e. The van der Waals surface area contributed by atoms with E-state index in [4.69, 9.17) is 0 Å². The predicted octanol–water partition coefficient (Wildman–Crippen LogP) is 2.52. The maximum atomic E-state index is 13.4. The molecule has 4 amide bonds. The van der Waals surface area contributed by atoms with Crippen LogP contribution in [0.4, 0.5) is 4.79 Å². The minimum atomic E-state index is -0.548. The molecule has 32 heavy (non-hydrogen) atoms. The van der Waals surface area contributed by atoms with Crippen LogP contribution in [0.5, 0.6) is 0 Å². The fraction of sp³-hybridized carbons (Fsp3) is 0.625. The Morgan fingerprint density at radius 2 is 1.81 bits per heavy atom. The molecule has 0 spiro atoms. The first-order chi connectivity index (χ1) is 15.3. The van der Waals surface area contributed by atoms with Crippen LogP contribution in [0.1, 0.15) is 46.6 Å². The van der Waals surface area contributed by atoms with Gasteiger partial charge in [-0.3, -0.25) is 9.59 Å². The molecule has 2 fully saturated rings. The summed E-state index contributed by atoms with van der Waals surface area (Å²) in [6.07, 6.45) is 0.266. The molecule has 0 saturated carbocycles. The lowest BCUT2D eigenvalue weighted by Crippen LogP contribution is -2.77. The molecule has 8 nitrogen and oxygen atoms in total. The standard InChI is InChI=1S/C24H37N5O3/c1-6-18(5)22-23(31)26(14-17(3)4)15-20-28(22)21(30)16-27(7-2)29(20)24(32)25-13-19-11-9-8-10-12-19/h8-12,17-18,20,22H,6-7,13-16H2,1-5H3,(H,25,32)/t18?,20-,22-/m0/s1. The molecule has 2 saturated heterocycles. The summed E-state index contributed by atoms with van der Waals surface area (Å²) in [7, 11) is 0. The highest BCUT2D eigenvalue weighted by atomic mass is 16.2. The number of hydrogen-bond acceptors (Lipinski definition) is 4. The third-order valence-corrected chi connectivity index (χ3v) is 6.39. The first-order valence-electron chi connectivity index (χ1n) is 11.7. The molecule has 0 aromatic heterocycles. The number of carbonyl (C=O) groups is 3. The number of piperazine rings is 1. The number of nitrogens with one attached hydrogen (secondary N) is 1. The zero-order valence-corrected chi connectivity index (χ0v) is 20.0. The zero-order chi connectivity index (χ0) is 23.4. The molecule has 3 atom stereocenters. The van der Waals surface area contributed by atoms with E-state index >= 15 is 0 Å². The summed E-state index contributed by atoms with van der Waals surface area (Å²) < 4.78 is 0. The molecular formula is C24H37N5O3. The summed E-state index contributed by atoms with van der Waals surface area (Å²) in [5.74, 6) is 0.204. The van der Waals surface area contributed by atoms with Crippen LogP contribution in [0.25, 0.3) is 0 Å². The highest BCUT2D eigenvalue weighted by Crippen LogP contribution is 2.31. The summed E-state index contributed by atoms with van der Waals surface area (Å²) in [5, 5.41) is 6.47. The fourth-order valence-corrected chi connectivity index (χ4v) is 4.61. The largest absolute Gasteiger partial charge is 0.337 e. The Bertz CT molecular complexity index is 815. The van der Waals surface area contributed by atoms with E-state index in [9.17, 15) is 14.4 Å². The summed E-state index contributed by atoms with van der Waals surface area (Å²) in [6, 6.07) is 8.95. The van der Waals surface area contributed by atoms with Gasteiger partial charge in [0.05, 0.1) is 13.1 Å². The number of hydrogen-bond donors (Lipinski definition) is 1. The topological polar surface area (TPSA) is 76.2 Å². The van der Waals surface area contributed by atoms with Crippen LogP contribution in [0.15, 0.2) is 30.3 Å². The molecule has 1 aromatic rings. The van der Waals surface area contributed by atoms with Gasteiger partial charge in [-0.1, -0.05) is 71.4 Å². The van der Waals surface area contributed by atoms with E-state index in [2.05, 4.69) is 19.2 Å². The number of nitrogens with zero attached hydrogens (tertiary/aromatic N) is 4. The molecule has 0 bridgehead atoms. The van der Waals surface area contributed by atoms with Gasteiger partial charge in [-0.2, -0.15) is 0 Å². The second kappa shape index (κ2) is 10.3. The molecule has 1 unspecified atom stereocenters. The van der Waals surface area contributed by atoms with Crippen molar-refractivity contribution in [3.63, 3.8) is 0 Å². The van der Waals surface area contributed by atoms with Crippen LogP contribution in [0.2, 0.25) is 0 Å². The molecule has 2 aliphatic rings. The number of likely N-dealkylation sites (N-methyl/N-ethyl adjacent to an activating group) is 1. The summed E-state index contributed by atoms with van der Waals surface area (Å²) >= 11 is 0. The summed E-state index contributed by atoms with van der Waals surface area (Å²) in [5.41, 5.74) is 1.01. The Morgan fingerprint density at radius 1 is 1.12 bits per heavy atom. The molecule has 2 aliphatic heterocycles. The predicted molar refractivity (Wildman–Crippen MR) is 123 cm³/mol. The maximum absolute atomic E-state index is 13.4. The number of hydrazine groups is 1. The van der Waals surface area contributed by atoms with Gasteiger partial charge >= 0.3 is 6.03 Å². The van der Waals surface area contributed by atoms with Crippen LogP contribution < -0.4 is 5.32 Å². The number of amides is 4. The van der Waals surface area contributed by atoms with Crippen molar-refractivity contribution in [2.75, 3.05) is 26.2 Å². The summed E-state index contributed by atoms with van der Waals surface area (Å²) in [4.78, 5) is 43.5. The normalized spacial score (nSPS) is 22.9. The molecule has 176 valence electrons. The molecule has 1 N–H and O–H groups in total. The monoisotopic (exact) mass is 443 g/mol. The van der Waals surface area contributed by atoms with Gasteiger partial charge in [-0.05, 0) is 17.4 Å². The van der Waals surface area contributed by atoms with Crippen LogP contribution in [-0.4, -0.2) is 76.0 Å². The first-order valence-corrected chi connectivity index (χ1v) is 11.7. The highest BCUT2D eigenvalue weighted by molar-refractivity contribution is 5.91. The van der Waals surface area contributed by atoms with Gasteiger partial charge < -0.3 is 15.1 Å². The van der Waals surface area contributed by atoms with Crippen molar-refractivity contribution in [1.82, 2.24) is 25.1 Å². The number of urea groups is 1. The van der Waals surface area contributed by atoms with E-state index in [0.717, 1.165) is 12.0 Å². The molecular weight excluding hydrogens is 406 g/mol. The molecule has 0 aliphatic carbocycles. The fourth-order valence-electron chi connectivity index (χ4n) is 4.61. The van der Waals surface area contributed by atoms with E-state index in [0.29, 0.717) is 32.1 Å². The van der Waals surface area contributed by atoms with Crippen LogP contribution in [0, 0.1) is 11.8 Å².